The van der Waals surface area contributed by atoms with E-state index in [4.69, 9.17) is 23.7 Å². The topological polar surface area (TPSA) is 257 Å². The number of aliphatic hydroxyl groups is 9. The van der Waals surface area contributed by atoms with Gasteiger partial charge in [-0.1, -0.05) is 20.8 Å². The summed E-state index contributed by atoms with van der Waals surface area (Å²) in [5.41, 5.74) is -0.656. The summed E-state index contributed by atoms with van der Waals surface area (Å²) in [6, 6.07) is -1.42. The van der Waals surface area contributed by atoms with Crippen LogP contribution in [0.25, 0.3) is 0 Å². The molecule has 3 heterocycles. The Bertz CT molecular complexity index is 827. The van der Waals surface area contributed by atoms with Gasteiger partial charge in [-0.25, -0.2) is 0 Å². The molecule has 3 fully saturated rings. The van der Waals surface area contributed by atoms with Gasteiger partial charge in [0, 0.05) is 6.92 Å². The standard InChI is InChI=1S/C24H43NO15/c1-8(29)25-12-15(32)19(39-23-17(34)16(33)13(30)9(5-26)37-23)11(7-28)38-22(12)40-20-14(31)10(6-27)36-21(18(20)35)24(2,3)4/h9-23,26-28,30-35H,5-7H2,1-4H3,(H,25,29). The summed E-state index contributed by atoms with van der Waals surface area (Å²) in [7, 11) is 0. The molecule has 16 nitrogen and oxygen atoms in total. The number of nitrogens with one attached hydrogen (secondary N) is 1. The first kappa shape index (κ1) is 33.4. The molecule has 1 amide bonds. The van der Waals surface area contributed by atoms with Gasteiger partial charge >= 0.3 is 0 Å². The third-order valence-electron chi connectivity index (χ3n) is 7.37. The van der Waals surface area contributed by atoms with Crippen LogP contribution in [0.1, 0.15) is 27.7 Å². The molecule has 0 saturated carbocycles. The molecule has 0 bridgehead atoms. The van der Waals surface area contributed by atoms with Gasteiger partial charge < -0.3 is 75.0 Å². The summed E-state index contributed by atoms with van der Waals surface area (Å²) < 4.78 is 28.4. The summed E-state index contributed by atoms with van der Waals surface area (Å²) in [4.78, 5) is 12.0. The van der Waals surface area contributed by atoms with E-state index >= 15 is 0 Å². The Hall–Kier alpha value is -1.09. The van der Waals surface area contributed by atoms with Crippen LogP contribution in [0.5, 0.6) is 0 Å². The maximum atomic E-state index is 12.0. The zero-order valence-electron chi connectivity index (χ0n) is 22.8. The van der Waals surface area contributed by atoms with Crippen molar-refractivity contribution in [3.8, 4) is 0 Å². The summed E-state index contributed by atoms with van der Waals surface area (Å²) >= 11 is 0. The van der Waals surface area contributed by atoms with E-state index in [-0.39, 0.29) is 0 Å². The first-order valence-electron chi connectivity index (χ1n) is 13.1. The fourth-order valence-electron chi connectivity index (χ4n) is 5.19. The number of carbonyl (C=O) groups excluding carboxylic acids is 1. The van der Waals surface area contributed by atoms with E-state index < -0.39 is 123 Å². The summed E-state index contributed by atoms with van der Waals surface area (Å²) in [5.74, 6) is -0.635. The quantitative estimate of drug-likeness (QED) is 0.128. The molecular formula is C24H43NO15. The lowest BCUT2D eigenvalue weighted by Crippen LogP contribution is -2.69. The molecule has 0 aromatic carbocycles. The minimum Gasteiger partial charge on any atom is -0.394 e. The van der Waals surface area contributed by atoms with Crippen molar-refractivity contribution in [2.45, 2.75) is 120 Å². The van der Waals surface area contributed by atoms with Crippen molar-refractivity contribution in [2.24, 2.45) is 5.41 Å². The van der Waals surface area contributed by atoms with Crippen LogP contribution in [-0.4, -0.2) is 164 Å². The number of hydrogen-bond donors (Lipinski definition) is 10. The lowest BCUT2D eigenvalue weighted by atomic mass is 9.80. The van der Waals surface area contributed by atoms with Crippen molar-refractivity contribution < 1.29 is 74.4 Å². The number of hydrogen-bond acceptors (Lipinski definition) is 15. The molecule has 0 aromatic heterocycles. The van der Waals surface area contributed by atoms with Gasteiger partial charge in [0.25, 0.3) is 0 Å². The monoisotopic (exact) mass is 585 g/mol. The van der Waals surface area contributed by atoms with Crippen LogP contribution in [0.3, 0.4) is 0 Å². The van der Waals surface area contributed by atoms with E-state index in [1.165, 1.54) is 0 Å². The first-order valence-corrected chi connectivity index (χ1v) is 13.1. The van der Waals surface area contributed by atoms with Crippen molar-refractivity contribution in [1.29, 1.82) is 0 Å². The number of amides is 1. The van der Waals surface area contributed by atoms with Gasteiger partial charge in [0.1, 0.15) is 73.2 Å². The van der Waals surface area contributed by atoms with Crippen LogP contribution >= 0.6 is 0 Å². The van der Waals surface area contributed by atoms with Crippen LogP contribution in [0, 0.1) is 5.41 Å². The molecule has 0 aromatic rings. The van der Waals surface area contributed by atoms with Gasteiger partial charge in [-0.05, 0) is 5.41 Å². The highest BCUT2D eigenvalue weighted by Crippen LogP contribution is 2.36. The fraction of sp³-hybridized carbons (Fsp3) is 0.958. The highest BCUT2D eigenvalue weighted by molar-refractivity contribution is 5.73. The average molecular weight is 586 g/mol. The van der Waals surface area contributed by atoms with Crippen LogP contribution in [0.4, 0.5) is 0 Å². The molecule has 234 valence electrons. The Kier molecular flexibility index (Phi) is 11.3. The van der Waals surface area contributed by atoms with Crippen molar-refractivity contribution in [2.75, 3.05) is 19.8 Å². The molecular weight excluding hydrogens is 542 g/mol. The molecule has 0 radical (unpaired) electrons. The van der Waals surface area contributed by atoms with E-state index in [1.807, 2.05) is 0 Å². The van der Waals surface area contributed by atoms with Crippen LogP contribution in [-0.2, 0) is 28.5 Å². The van der Waals surface area contributed by atoms with Crippen molar-refractivity contribution in [1.82, 2.24) is 5.32 Å². The van der Waals surface area contributed by atoms with Gasteiger partial charge in [0.15, 0.2) is 12.6 Å². The Morgan fingerprint density at radius 3 is 1.73 bits per heavy atom. The van der Waals surface area contributed by atoms with E-state index in [1.54, 1.807) is 20.8 Å². The Balaban J connectivity index is 1.87. The average Bonchev–Trinajstić information content (AvgIpc) is 2.88. The molecule has 3 rings (SSSR count). The van der Waals surface area contributed by atoms with E-state index in [0.717, 1.165) is 6.92 Å². The number of ether oxygens (including phenoxy) is 5. The lowest BCUT2D eigenvalue weighted by molar-refractivity contribution is -0.361. The smallest absolute Gasteiger partial charge is 0.217 e. The van der Waals surface area contributed by atoms with Crippen molar-refractivity contribution >= 4 is 5.91 Å². The fourth-order valence-corrected chi connectivity index (χ4v) is 5.19. The molecule has 3 saturated heterocycles. The highest BCUT2D eigenvalue weighted by atomic mass is 16.7. The second kappa shape index (κ2) is 13.5. The second-order valence-corrected chi connectivity index (χ2v) is 11.5. The number of rotatable bonds is 8. The van der Waals surface area contributed by atoms with Gasteiger partial charge in [0.2, 0.25) is 5.91 Å². The van der Waals surface area contributed by atoms with E-state index in [9.17, 15) is 50.8 Å². The summed E-state index contributed by atoms with van der Waals surface area (Å²) in [6.45, 7) is 4.34. The van der Waals surface area contributed by atoms with E-state index in [2.05, 4.69) is 5.32 Å². The minimum atomic E-state index is -1.82. The van der Waals surface area contributed by atoms with Crippen LogP contribution in [0.15, 0.2) is 0 Å². The third-order valence-corrected chi connectivity index (χ3v) is 7.37. The largest absolute Gasteiger partial charge is 0.394 e. The molecule has 16 heteroatoms. The van der Waals surface area contributed by atoms with Gasteiger partial charge in [-0.3, -0.25) is 4.79 Å². The second-order valence-electron chi connectivity index (χ2n) is 11.5. The zero-order chi connectivity index (χ0) is 30.1. The molecule has 10 N–H and O–H groups in total. The number of aliphatic hydroxyl groups excluding tert-OH is 9. The predicted octanol–water partition coefficient (Wildman–Crippen LogP) is -5.33. The molecule has 0 spiro atoms. The Morgan fingerprint density at radius 1 is 0.675 bits per heavy atom. The molecule has 3 aliphatic heterocycles. The van der Waals surface area contributed by atoms with Gasteiger partial charge in [-0.2, -0.15) is 0 Å². The minimum absolute atomic E-state index is 0.599. The molecule has 15 atom stereocenters. The first-order chi connectivity index (χ1) is 18.7. The zero-order valence-corrected chi connectivity index (χ0v) is 22.8. The maximum Gasteiger partial charge on any atom is 0.217 e. The molecule has 3 aliphatic rings. The summed E-state index contributed by atoms with van der Waals surface area (Å²) in [5, 5.41) is 95.3. The van der Waals surface area contributed by atoms with Crippen molar-refractivity contribution in [3.63, 3.8) is 0 Å². The van der Waals surface area contributed by atoms with E-state index in [0.29, 0.717) is 0 Å². The molecule has 15 unspecified atom stereocenters. The molecule has 40 heavy (non-hydrogen) atoms. The summed E-state index contributed by atoms with van der Waals surface area (Å²) in [6.07, 6.45) is -20.9. The van der Waals surface area contributed by atoms with Crippen molar-refractivity contribution in [3.05, 3.63) is 0 Å². The predicted molar refractivity (Wildman–Crippen MR) is 130 cm³/mol. The lowest BCUT2D eigenvalue weighted by Gasteiger charge is -2.50. The Labute approximate surface area is 231 Å². The molecule has 0 aliphatic carbocycles. The van der Waals surface area contributed by atoms with Crippen LogP contribution < -0.4 is 5.32 Å². The SMILES string of the molecule is CC(=O)NC1C(OC2C(O)C(CO)OC(C(C)(C)C)C2O)OC(CO)C(OC2OC(CO)C(O)C(O)C2O)C1O. The van der Waals surface area contributed by atoms with Gasteiger partial charge in [-0.15, -0.1) is 0 Å². The third kappa shape index (κ3) is 6.92. The van der Waals surface area contributed by atoms with Crippen LogP contribution in [0.2, 0.25) is 0 Å². The highest BCUT2D eigenvalue weighted by Gasteiger charge is 2.55. The Morgan fingerprint density at radius 2 is 1.20 bits per heavy atom. The maximum absolute atomic E-state index is 12.0. The van der Waals surface area contributed by atoms with Gasteiger partial charge in [0.05, 0.1) is 25.9 Å². The normalized spacial score (nSPS) is 46.7. The number of carbonyl (C=O) groups is 1.